The number of cyclic esters (lactones) is 1. The van der Waals surface area contributed by atoms with E-state index in [0.717, 1.165) is 18.7 Å². The van der Waals surface area contributed by atoms with Gasteiger partial charge in [-0.3, -0.25) is 14.8 Å². The summed E-state index contributed by atoms with van der Waals surface area (Å²) in [5.74, 6) is 0. The van der Waals surface area contributed by atoms with Crippen molar-refractivity contribution in [2.24, 2.45) is 0 Å². The molecule has 4 rings (SSSR count). The van der Waals surface area contributed by atoms with Gasteiger partial charge in [0.05, 0.1) is 6.61 Å². The normalized spacial score (nSPS) is 33.2. The second kappa shape index (κ2) is 6.45. The lowest BCUT2D eigenvalue weighted by atomic mass is 9.96. The molecule has 1 aromatic heterocycles. The highest BCUT2D eigenvalue weighted by molar-refractivity contribution is 5.71. The zero-order valence-electron chi connectivity index (χ0n) is 14.1. The number of likely N-dealkylation sites (N-methyl/N-ethyl adjacent to an activating group) is 1. The number of aromatic nitrogens is 1. The Balaban J connectivity index is 0.000000753. The molecule has 126 valence electrons. The van der Waals surface area contributed by atoms with Crippen LogP contribution in [0.4, 0.5) is 4.79 Å². The van der Waals surface area contributed by atoms with Crippen LogP contribution < -0.4 is 0 Å². The molecule has 6 nitrogen and oxygen atoms in total. The lowest BCUT2D eigenvalue weighted by Crippen LogP contribution is -2.53. The number of likely N-dealkylation sites (tertiary alicyclic amines) is 1. The van der Waals surface area contributed by atoms with Crippen LogP contribution in [-0.4, -0.2) is 59.4 Å². The number of nitrogens with zero attached hydrogens (tertiary/aromatic N) is 3. The van der Waals surface area contributed by atoms with E-state index < -0.39 is 0 Å². The number of epoxide rings is 1. The van der Waals surface area contributed by atoms with E-state index in [1.165, 1.54) is 12.8 Å². The van der Waals surface area contributed by atoms with Crippen LogP contribution in [0.1, 0.15) is 38.4 Å². The molecule has 0 aliphatic carbocycles. The number of amides is 1. The summed E-state index contributed by atoms with van der Waals surface area (Å²) in [6, 6.07) is 3.71. The number of rotatable bonds is 3. The maximum Gasteiger partial charge on any atom is 0.410 e. The van der Waals surface area contributed by atoms with E-state index in [1.54, 1.807) is 24.3 Å². The maximum absolute atomic E-state index is 12.1. The van der Waals surface area contributed by atoms with Crippen molar-refractivity contribution >= 4 is 6.09 Å². The minimum Gasteiger partial charge on any atom is -0.439 e. The van der Waals surface area contributed by atoms with Crippen LogP contribution in [0.15, 0.2) is 24.5 Å². The van der Waals surface area contributed by atoms with Gasteiger partial charge in [-0.25, -0.2) is 4.79 Å². The van der Waals surface area contributed by atoms with Gasteiger partial charge in [-0.1, -0.05) is 13.8 Å². The molecule has 0 N–H and O–H groups in total. The van der Waals surface area contributed by atoms with E-state index in [4.69, 9.17) is 9.47 Å². The number of pyridine rings is 1. The Kier molecular flexibility index (Phi) is 4.55. The summed E-state index contributed by atoms with van der Waals surface area (Å²) in [5, 5.41) is 0. The lowest BCUT2D eigenvalue weighted by molar-refractivity contribution is 0.0154. The molecule has 0 radical (unpaired) electrons. The zero-order valence-corrected chi connectivity index (χ0v) is 14.1. The highest BCUT2D eigenvalue weighted by atomic mass is 16.6. The van der Waals surface area contributed by atoms with Crippen molar-refractivity contribution in [3.8, 4) is 0 Å². The Morgan fingerprint density at radius 2 is 1.83 bits per heavy atom. The van der Waals surface area contributed by atoms with E-state index in [0.29, 0.717) is 6.61 Å². The number of ether oxygens (including phenoxy) is 2. The van der Waals surface area contributed by atoms with E-state index >= 15 is 0 Å². The standard InChI is InChI=1S/C15H19N3O3.C2H6/c1-17-13(15(10-20-15)18-8-2-3-9-18)12(21-14(17)19)11-4-6-16-7-5-11;1-2/h4-7,12-13H,2-3,8-10H2,1H3;1-2H3/t12-,13+,15?;/m0./s1. The predicted octanol–water partition coefficient (Wildman–Crippen LogP) is 2.42. The lowest BCUT2D eigenvalue weighted by Gasteiger charge is -2.34. The first kappa shape index (κ1) is 16.2. The fourth-order valence-corrected chi connectivity index (χ4v) is 3.63. The number of carbonyl (C=O) groups excluding carboxylic acids is 1. The second-order valence-corrected chi connectivity index (χ2v) is 5.97. The largest absolute Gasteiger partial charge is 0.439 e. The van der Waals surface area contributed by atoms with Crippen molar-refractivity contribution in [3.05, 3.63) is 30.1 Å². The molecular formula is C17H25N3O3. The minimum atomic E-state index is -0.370. The summed E-state index contributed by atoms with van der Waals surface area (Å²) in [4.78, 5) is 20.2. The van der Waals surface area contributed by atoms with Gasteiger partial charge in [0.1, 0.15) is 6.04 Å². The fourth-order valence-electron chi connectivity index (χ4n) is 3.63. The molecule has 0 spiro atoms. The molecule has 1 unspecified atom stereocenters. The van der Waals surface area contributed by atoms with Crippen LogP contribution in [0.5, 0.6) is 0 Å². The van der Waals surface area contributed by atoms with Crippen LogP contribution in [0.2, 0.25) is 0 Å². The van der Waals surface area contributed by atoms with Crippen molar-refractivity contribution in [1.29, 1.82) is 0 Å². The van der Waals surface area contributed by atoms with E-state index in [2.05, 4.69) is 9.88 Å². The third-order valence-electron chi connectivity index (χ3n) is 4.80. The maximum atomic E-state index is 12.1. The number of hydrogen-bond donors (Lipinski definition) is 0. The van der Waals surface area contributed by atoms with Crippen LogP contribution in [-0.2, 0) is 9.47 Å². The molecule has 0 saturated carbocycles. The van der Waals surface area contributed by atoms with Crippen LogP contribution in [0, 0.1) is 0 Å². The van der Waals surface area contributed by atoms with Crippen LogP contribution in [0.25, 0.3) is 0 Å². The minimum absolute atomic E-state index is 0.106. The van der Waals surface area contributed by atoms with Crippen molar-refractivity contribution in [2.75, 3.05) is 26.7 Å². The average molecular weight is 319 g/mol. The average Bonchev–Trinajstić information content (AvgIpc) is 3.07. The number of carbonyl (C=O) groups is 1. The first-order valence-electron chi connectivity index (χ1n) is 8.45. The SMILES string of the molecule is CC.CN1C(=O)O[C@@H](c2ccncc2)[C@@H]1C1(N2CCCC2)CO1. The Morgan fingerprint density at radius 1 is 1.22 bits per heavy atom. The third kappa shape index (κ3) is 2.70. The molecule has 23 heavy (non-hydrogen) atoms. The van der Waals surface area contributed by atoms with Crippen molar-refractivity contribution in [1.82, 2.24) is 14.8 Å². The molecule has 3 saturated heterocycles. The Labute approximate surface area is 137 Å². The third-order valence-corrected chi connectivity index (χ3v) is 4.80. The summed E-state index contributed by atoms with van der Waals surface area (Å²) >= 11 is 0. The summed E-state index contributed by atoms with van der Waals surface area (Å²) < 4.78 is 11.5. The monoisotopic (exact) mass is 319 g/mol. The first-order valence-corrected chi connectivity index (χ1v) is 8.45. The summed E-state index contributed by atoms with van der Waals surface area (Å²) in [5.41, 5.74) is 0.604. The Morgan fingerprint density at radius 3 is 2.39 bits per heavy atom. The molecule has 1 amide bonds. The Bertz CT molecular complexity index is 541. The molecule has 3 fully saturated rings. The number of hydrogen-bond acceptors (Lipinski definition) is 5. The fraction of sp³-hybridized carbons (Fsp3) is 0.647. The van der Waals surface area contributed by atoms with Gasteiger partial charge in [0, 0.05) is 32.5 Å². The van der Waals surface area contributed by atoms with Gasteiger partial charge in [0.25, 0.3) is 0 Å². The Hall–Kier alpha value is -1.66. The summed E-state index contributed by atoms with van der Waals surface area (Å²) in [7, 11) is 1.80. The van der Waals surface area contributed by atoms with E-state index in [9.17, 15) is 4.79 Å². The van der Waals surface area contributed by atoms with Crippen LogP contribution in [0.3, 0.4) is 0 Å². The van der Waals surface area contributed by atoms with Gasteiger partial charge in [0.2, 0.25) is 0 Å². The van der Waals surface area contributed by atoms with E-state index in [1.807, 2.05) is 26.0 Å². The van der Waals surface area contributed by atoms with Crippen molar-refractivity contribution in [2.45, 2.75) is 44.6 Å². The van der Waals surface area contributed by atoms with E-state index in [-0.39, 0.29) is 24.0 Å². The molecular weight excluding hydrogens is 294 g/mol. The van der Waals surface area contributed by atoms with Crippen molar-refractivity contribution in [3.63, 3.8) is 0 Å². The van der Waals surface area contributed by atoms with Gasteiger partial charge < -0.3 is 9.47 Å². The molecule has 3 aliphatic heterocycles. The topological polar surface area (TPSA) is 58.2 Å². The molecule has 0 aromatic carbocycles. The molecule has 3 atom stereocenters. The summed E-state index contributed by atoms with van der Waals surface area (Å²) in [6.45, 7) is 6.73. The molecule has 6 heteroatoms. The highest BCUT2D eigenvalue weighted by Crippen LogP contribution is 2.48. The molecule has 0 bridgehead atoms. The van der Waals surface area contributed by atoms with Gasteiger partial charge >= 0.3 is 6.09 Å². The van der Waals surface area contributed by atoms with Crippen LogP contribution >= 0.6 is 0 Å². The van der Waals surface area contributed by atoms with Gasteiger partial charge in [-0.15, -0.1) is 0 Å². The molecule has 4 heterocycles. The van der Waals surface area contributed by atoms with Gasteiger partial charge in [-0.2, -0.15) is 0 Å². The van der Waals surface area contributed by atoms with Crippen molar-refractivity contribution < 1.29 is 14.3 Å². The first-order chi connectivity index (χ1) is 11.2. The highest BCUT2D eigenvalue weighted by Gasteiger charge is 2.64. The predicted molar refractivity (Wildman–Crippen MR) is 85.8 cm³/mol. The second-order valence-electron chi connectivity index (χ2n) is 5.97. The smallest absolute Gasteiger partial charge is 0.410 e. The molecule has 1 aromatic rings. The van der Waals surface area contributed by atoms with Gasteiger partial charge in [-0.05, 0) is 30.5 Å². The summed E-state index contributed by atoms with van der Waals surface area (Å²) in [6.07, 6.45) is 5.26. The quantitative estimate of drug-likeness (QED) is 0.801. The molecule has 3 aliphatic rings. The zero-order chi connectivity index (χ0) is 16.4. The van der Waals surface area contributed by atoms with Gasteiger partial charge in [0.15, 0.2) is 11.8 Å².